The minimum atomic E-state index is -0.719. The fourth-order valence-electron chi connectivity index (χ4n) is 6.69. The topological polar surface area (TPSA) is 125 Å². The molecule has 2 aliphatic rings. The number of hydrogen-bond acceptors (Lipinski definition) is 8. The Morgan fingerprint density at radius 1 is 1.02 bits per heavy atom. The molecule has 3 heterocycles. The number of anilines is 1. The number of rotatable bonds is 8. The van der Waals surface area contributed by atoms with Crippen LogP contribution in [-0.4, -0.2) is 57.7 Å². The van der Waals surface area contributed by atoms with Crippen LogP contribution >= 0.6 is 23.2 Å². The van der Waals surface area contributed by atoms with Gasteiger partial charge in [0.2, 0.25) is 5.88 Å². The SMILES string of the molecule is CCOC(=O)[C@@H]1CCN([C@H]2CCc3cc(-c4cccc(-c5cccc(NC(=O)c6cn(C)c(=O)n(C)c6=O)c5Cl)c4Cl)nc(OC)c32)C1. The molecule has 250 valence electrons. The van der Waals surface area contributed by atoms with Crippen molar-refractivity contribution < 1.29 is 19.1 Å². The number of aromatic nitrogens is 3. The highest BCUT2D eigenvalue weighted by Crippen LogP contribution is 2.46. The molecular formula is C35H35Cl2N5O6. The van der Waals surface area contributed by atoms with Gasteiger partial charge in [0.05, 0.1) is 41.1 Å². The summed E-state index contributed by atoms with van der Waals surface area (Å²) in [5.41, 5.74) is 3.48. The van der Waals surface area contributed by atoms with E-state index in [9.17, 15) is 19.2 Å². The van der Waals surface area contributed by atoms with Crippen molar-refractivity contribution in [2.75, 3.05) is 32.1 Å². The monoisotopic (exact) mass is 691 g/mol. The number of likely N-dealkylation sites (tertiary alicyclic amines) is 1. The van der Waals surface area contributed by atoms with E-state index in [2.05, 4.69) is 10.2 Å². The Kier molecular flexibility index (Phi) is 9.46. The molecule has 6 rings (SSSR count). The maximum absolute atomic E-state index is 13.1. The molecule has 48 heavy (non-hydrogen) atoms. The van der Waals surface area contributed by atoms with Crippen molar-refractivity contribution in [1.29, 1.82) is 0 Å². The highest BCUT2D eigenvalue weighted by Gasteiger charge is 2.38. The molecule has 4 aromatic rings. The van der Waals surface area contributed by atoms with Crippen molar-refractivity contribution in [3.8, 4) is 28.3 Å². The number of nitrogens with zero attached hydrogens (tertiary/aromatic N) is 4. The molecule has 2 aromatic carbocycles. The van der Waals surface area contributed by atoms with E-state index in [1.165, 1.54) is 20.3 Å². The molecule has 13 heteroatoms. The summed E-state index contributed by atoms with van der Waals surface area (Å²) in [4.78, 5) is 57.4. The Balaban J connectivity index is 1.30. The van der Waals surface area contributed by atoms with Gasteiger partial charge in [-0.15, -0.1) is 0 Å². The fourth-order valence-corrected chi connectivity index (χ4v) is 7.29. The first kappa shape index (κ1) is 33.5. The van der Waals surface area contributed by atoms with Crippen LogP contribution in [0, 0.1) is 5.92 Å². The molecule has 0 radical (unpaired) electrons. The lowest BCUT2D eigenvalue weighted by Crippen LogP contribution is -2.40. The number of esters is 1. The van der Waals surface area contributed by atoms with Gasteiger partial charge < -0.3 is 19.4 Å². The van der Waals surface area contributed by atoms with Crippen LogP contribution in [-0.2, 0) is 30.0 Å². The van der Waals surface area contributed by atoms with Gasteiger partial charge in [-0.3, -0.25) is 23.9 Å². The Labute approximate surface area is 287 Å². The first-order valence-electron chi connectivity index (χ1n) is 15.7. The first-order chi connectivity index (χ1) is 23.0. The second-order valence-corrected chi connectivity index (χ2v) is 12.7. The van der Waals surface area contributed by atoms with Crippen LogP contribution in [0.5, 0.6) is 5.88 Å². The van der Waals surface area contributed by atoms with Gasteiger partial charge in [0.25, 0.3) is 11.5 Å². The van der Waals surface area contributed by atoms with Gasteiger partial charge in [-0.25, -0.2) is 9.78 Å². The second-order valence-electron chi connectivity index (χ2n) is 12.0. The Morgan fingerprint density at radius 3 is 2.46 bits per heavy atom. The van der Waals surface area contributed by atoms with Crippen molar-refractivity contribution in [3.63, 3.8) is 0 Å². The van der Waals surface area contributed by atoms with E-state index >= 15 is 0 Å². The summed E-state index contributed by atoms with van der Waals surface area (Å²) < 4.78 is 13.1. The molecule has 1 aliphatic carbocycles. The number of nitrogens with one attached hydrogen (secondary N) is 1. The lowest BCUT2D eigenvalue weighted by atomic mass is 9.99. The third-order valence-electron chi connectivity index (χ3n) is 9.11. The summed E-state index contributed by atoms with van der Waals surface area (Å²) in [6.07, 6.45) is 3.68. The zero-order valence-electron chi connectivity index (χ0n) is 27.0. The Hall–Kier alpha value is -4.45. The van der Waals surface area contributed by atoms with Gasteiger partial charge in [0, 0.05) is 55.1 Å². The molecule has 2 aromatic heterocycles. The summed E-state index contributed by atoms with van der Waals surface area (Å²) in [5.74, 6) is -0.453. The highest BCUT2D eigenvalue weighted by molar-refractivity contribution is 6.39. The minimum absolute atomic E-state index is 0.0930. The average molecular weight is 693 g/mol. The van der Waals surface area contributed by atoms with E-state index in [1.807, 2.05) is 31.2 Å². The second kappa shape index (κ2) is 13.6. The zero-order valence-corrected chi connectivity index (χ0v) is 28.5. The predicted octanol–water partition coefficient (Wildman–Crippen LogP) is 5.25. The quantitative estimate of drug-likeness (QED) is 0.249. The standard InChI is InChI=1S/C35H35Cl2N5O6/c1-5-48-34(45)20-14-15-42(17-20)27-13-12-19-16-26(39-32(47-4)28(19)27)23-10-6-8-21(29(23)36)22-9-7-11-25(30(22)37)38-31(43)24-18-40(2)35(46)41(3)33(24)44/h6-11,16,18,20,27H,5,12-15,17H2,1-4H3,(H,38,43)/t20-,27+/m1/s1. The van der Waals surface area contributed by atoms with Crippen LogP contribution in [0.4, 0.5) is 5.69 Å². The molecule has 1 N–H and O–H groups in total. The molecule has 0 spiro atoms. The van der Waals surface area contributed by atoms with Gasteiger partial charge >= 0.3 is 11.7 Å². The van der Waals surface area contributed by atoms with Crippen LogP contribution in [0.3, 0.4) is 0 Å². The van der Waals surface area contributed by atoms with Gasteiger partial charge in [-0.1, -0.05) is 53.5 Å². The van der Waals surface area contributed by atoms with E-state index in [0.717, 1.165) is 46.1 Å². The molecule has 0 unspecified atom stereocenters. The number of fused-ring (bicyclic) bond motifs is 1. The third kappa shape index (κ3) is 6.02. The number of hydrogen-bond donors (Lipinski definition) is 1. The van der Waals surface area contributed by atoms with Crippen molar-refractivity contribution in [2.24, 2.45) is 20.0 Å². The molecule has 1 aliphatic heterocycles. The number of pyridine rings is 1. The number of benzene rings is 2. The van der Waals surface area contributed by atoms with Crippen molar-refractivity contribution in [1.82, 2.24) is 19.0 Å². The Morgan fingerprint density at radius 2 is 1.73 bits per heavy atom. The summed E-state index contributed by atoms with van der Waals surface area (Å²) in [7, 11) is 4.38. The van der Waals surface area contributed by atoms with Crippen molar-refractivity contribution in [3.05, 3.63) is 96.2 Å². The summed E-state index contributed by atoms with van der Waals surface area (Å²) in [5, 5.41) is 3.34. The molecular weight excluding hydrogens is 657 g/mol. The number of carbonyl (C=O) groups is 2. The van der Waals surface area contributed by atoms with Crippen molar-refractivity contribution >= 4 is 40.8 Å². The summed E-state index contributed by atoms with van der Waals surface area (Å²) >= 11 is 13.9. The van der Waals surface area contributed by atoms with Crippen LogP contribution in [0.1, 0.15) is 47.3 Å². The molecule has 11 nitrogen and oxygen atoms in total. The lowest BCUT2D eigenvalue weighted by Gasteiger charge is -2.25. The maximum Gasteiger partial charge on any atom is 0.330 e. The van der Waals surface area contributed by atoms with E-state index in [-0.39, 0.29) is 34.2 Å². The molecule has 0 saturated carbocycles. The average Bonchev–Trinajstić information content (AvgIpc) is 3.74. The summed E-state index contributed by atoms with van der Waals surface area (Å²) in [6.45, 7) is 3.64. The van der Waals surface area contributed by atoms with Crippen LogP contribution in [0.15, 0.2) is 58.3 Å². The van der Waals surface area contributed by atoms with E-state index in [0.29, 0.717) is 46.4 Å². The number of amides is 1. The molecule has 0 bridgehead atoms. The number of carbonyl (C=O) groups excluding carboxylic acids is 2. The minimum Gasteiger partial charge on any atom is -0.481 e. The predicted molar refractivity (Wildman–Crippen MR) is 184 cm³/mol. The fraction of sp³-hybridized carbons (Fsp3) is 0.343. The van der Waals surface area contributed by atoms with Gasteiger partial charge in [0.15, 0.2) is 0 Å². The largest absolute Gasteiger partial charge is 0.481 e. The first-order valence-corrected chi connectivity index (χ1v) is 16.4. The van der Waals surface area contributed by atoms with Gasteiger partial charge in [-0.2, -0.15) is 0 Å². The van der Waals surface area contributed by atoms with Crippen LogP contribution in [0.2, 0.25) is 10.0 Å². The number of ether oxygens (including phenoxy) is 2. The molecule has 2 atom stereocenters. The van der Waals surface area contributed by atoms with Gasteiger partial charge in [0.1, 0.15) is 5.56 Å². The zero-order chi connectivity index (χ0) is 34.3. The van der Waals surface area contributed by atoms with Crippen LogP contribution in [0.25, 0.3) is 22.4 Å². The number of halogens is 2. The van der Waals surface area contributed by atoms with E-state index in [1.54, 1.807) is 25.3 Å². The van der Waals surface area contributed by atoms with Gasteiger partial charge in [-0.05, 0) is 50.4 Å². The maximum atomic E-state index is 13.1. The third-order valence-corrected chi connectivity index (χ3v) is 9.92. The summed E-state index contributed by atoms with van der Waals surface area (Å²) in [6, 6.07) is 12.8. The highest BCUT2D eigenvalue weighted by atomic mass is 35.5. The molecule has 1 fully saturated rings. The normalized spacial score (nSPS) is 17.3. The molecule has 1 amide bonds. The number of aryl methyl sites for hydroxylation is 2. The van der Waals surface area contributed by atoms with Crippen LogP contribution < -0.4 is 21.3 Å². The smallest absolute Gasteiger partial charge is 0.330 e. The van der Waals surface area contributed by atoms with Crippen molar-refractivity contribution in [2.45, 2.75) is 32.2 Å². The molecule has 1 saturated heterocycles. The number of methoxy groups -OCH3 is 1. The lowest BCUT2D eigenvalue weighted by molar-refractivity contribution is -0.147. The van der Waals surface area contributed by atoms with E-state index in [4.69, 9.17) is 37.7 Å². The Bertz CT molecular complexity index is 2060. The van der Waals surface area contributed by atoms with E-state index < -0.39 is 17.2 Å².